The molecular weight excluding hydrogens is 729 g/mol. The normalized spacial score (nSPS) is 20.9. The number of ether oxygens (including phenoxy) is 4. The van der Waals surface area contributed by atoms with Crippen LogP contribution in [0.5, 0.6) is 0 Å². The predicted octanol–water partition coefficient (Wildman–Crippen LogP) is 8.28. The van der Waals surface area contributed by atoms with E-state index in [1.807, 2.05) is 0 Å². The van der Waals surface area contributed by atoms with Crippen LogP contribution < -0.4 is 0 Å². The van der Waals surface area contributed by atoms with Gasteiger partial charge in [0.15, 0.2) is 12.4 Å². The number of hydrogen-bond donors (Lipinski definition) is 4. The summed E-state index contributed by atoms with van der Waals surface area (Å²) in [4.78, 5) is 25.3. The summed E-state index contributed by atoms with van der Waals surface area (Å²) in [6.07, 6.45) is 24.1. The van der Waals surface area contributed by atoms with E-state index in [4.69, 9.17) is 18.9 Å². The Balaban J connectivity index is 2.44. The van der Waals surface area contributed by atoms with Gasteiger partial charge in [0, 0.05) is 12.8 Å². The third-order valence-corrected chi connectivity index (χ3v) is 10.8. The lowest BCUT2D eigenvalue weighted by molar-refractivity contribution is -0.297. The fourth-order valence-corrected chi connectivity index (χ4v) is 7.35. The Hall–Kier alpha value is -1.61. The molecule has 13 heteroatoms. The topological polar surface area (TPSA) is 186 Å². The Morgan fingerprint density at radius 2 is 1.05 bits per heavy atom. The molecule has 1 aliphatic heterocycles. The van der Waals surface area contributed by atoms with E-state index in [0.29, 0.717) is 12.8 Å². The molecule has 0 amide bonds. The average molecular weight is 807 g/mol. The van der Waals surface area contributed by atoms with Gasteiger partial charge >= 0.3 is 11.9 Å². The molecule has 6 atom stereocenters. The average Bonchev–Trinajstić information content (AvgIpc) is 3.14. The number of carbonyl (C=O) groups excluding carboxylic acids is 2. The minimum absolute atomic E-state index is 0.157. The number of allylic oxidation sites excluding steroid dienone is 2. The van der Waals surface area contributed by atoms with Gasteiger partial charge in [-0.1, -0.05) is 154 Å². The molecule has 0 bridgehead atoms. The summed E-state index contributed by atoms with van der Waals surface area (Å²) < 4.78 is 53.9. The highest BCUT2D eigenvalue weighted by Gasteiger charge is 2.46. The SMILES string of the molecule is CCCC/C=C/CCCCCCCC(=O)O[C@H](COC(=O)CCCCCCCCCCCCCCCCCC)CO[C@H]1O[C@H](CS(=O)(=O)O)[C@@H](O)C(O)C1O. The van der Waals surface area contributed by atoms with E-state index < -0.39 is 71.2 Å². The Bertz CT molecular complexity index is 1080. The van der Waals surface area contributed by atoms with Gasteiger partial charge in [0.2, 0.25) is 0 Å². The molecule has 2 unspecified atom stereocenters. The summed E-state index contributed by atoms with van der Waals surface area (Å²) in [6, 6.07) is 0. The Morgan fingerprint density at radius 1 is 0.600 bits per heavy atom. The van der Waals surface area contributed by atoms with Crippen molar-refractivity contribution in [2.24, 2.45) is 0 Å². The lowest BCUT2D eigenvalue weighted by Crippen LogP contribution is -2.60. The Labute approximate surface area is 333 Å². The van der Waals surface area contributed by atoms with Gasteiger partial charge in [0.1, 0.15) is 36.8 Å². The van der Waals surface area contributed by atoms with Crippen LogP contribution in [0.25, 0.3) is 0 Å². The van der Waals surface area contributed by atoms with Crippen LogP contribution in [0, 0.1) is 0 Å². The number of aliphatic hydroxyl groups is 3. The molecule has 1 saturated heterocycles. The molecule has 0 aromatic rings. The van der Waals surface area contributed by atoms with Gasteiger partial charge in [-0.2, -0.15) is 8.42 Å². The fraction of sp³-hybridized carbons (Fsp3) is 0.905. The van der Waals surface area contributed by atoms with E-state index in [2.05, 4.69) is 26.0 Å². The molecular formula is C42H78O12S. The molecule has 0 spiro atoms. The number of esters is 2. The predicted molar refractivity (Wildman–Crippen MR) is 215 cm³/mol. The molecule has 0 aromatic heterocycles. The van der Waals surface area contributed by atoms with Crippen molar-refractivity contribution in [2.45, 2.75) is 224 Å². The highest BCUT2D eigenvalue weighted by Crippen LogP contribution is 2.24. The summed E-state index contributed by atoms with van der Waals surface area (Å²) in [5.74, 6) is -1.98. The third kappa shape index (κ3) is 28.4. The highest BCUT2D eigenvalue weighted by molar-refractivity contribution is 7.85. The maximum atomic E-state index is 12.7. The van der Waals surface area contributed by atoms with Crippen molar-refractivity contribution in [3.05, 3.63) is 12.2 Å². The van der Waals surface area contributed by atoms with E-state index in [-0.39, 0.29) is 19.4 Å². The molecule has 4 N–H and O–H groups in total. The number of unbranched alkanes of at least 4 members (excludes halogenated alkanes) is 22. The maximum absolute atomic E-state index is 12.7. The first-order chi connectivity index (χ1) is 26.5. The van der Waals surface area contributed by atoms with E-state index >= 15 is 0 Å². The molecule has 0 aromatic carbocycles. The Kier molecular flexibility index (Phi) is 31.2. The van der Waals surface area contributed by atoms with Crippen molar-refractivity contribution in [3.63, 3.8) is 0 Å². The Morgan fingerprint density at radius 3 is 1.56 bits per heavy atom. The molecule has 55 heavy (non-hydrogen) atoms. The smallest absolute Gasteiger partial charge is 0.306 e. The molecule has 0 saturated carbocycles. The van der Waals surface area contributed by atoms with E-state index in [9.17, 15) is 37.9 Å². The van der Waals surface area contributed by atoms with Gasteiger partial charge in [-0.15, -0.1) is 0 Å². The van der Waals surface area contributed by atoms with Crippen LogP contribution in [0.4, 0.5) is 0 Å². The molecule has 1 heterocycles. The van der Waals surface area contributed by atoms with Crippen molar-refractivity contribution >= 4 is 22.1 Å². The van der Waals surface area contributed by atoms with Crippen LogP contribution in [-0.2, 0) is 38.7 Å². The minimum Gasteiger partial charge on any atom is -0.462 e. The lowest BCUT2D eigenvalue weighted by Gasteiger charge is -2.40. The zero-order valence-electron chi connectivity index (χ0n) is 34.3. The second kappa shape index (κ2) is 33.4. The third-order valence-electron chi connectivity index (χ3n) is 10.1. The molecule has 12 nitrogen and oxygen atoms in total. The first-order valence-corrected chi connectivity index (χ1v) is 23.4. The zero-order valence-corrected chi connectivity index (χ0v) is 35.1. The summed E-state index contributed by atoms with van der Waals surface area (Å²) in [5, 5.41) is 30.8. The molecule has 1 aliphatic rings. The van der Waals surface area contributed by atoms with Gasteiger partial charge in [0.25, 0.3) is 10.1 Å². The van der Waals surface area contributed by atoms with Crippen LogP contribution >= 0.6 is 0 Å². The van der Waals surface area contributed by atoms with Crippen molar-refractivity contribution in [3.8, 4) is 0 Å². The van der Waals surface area contributed by atoms with Crippen LogP contribution in [0.15, 0.2) is 12.2 Å². The highest BCUT2D eigenvalue weighted by atomic mass is 32.2. The van der Waals surface area contributed by atoms with E-state index in [1.54, 1.807) is 0 Å². The van der Waals surface area contributed by atoms with E-state index in [0.717, 1.165) is 57.8 Å². The van der Waals surface area contributed by atoms with Gasteiger partial charge < -0.3 is 34.3 Å². The standard InChI is InChI=1S/C42H78O12S/c1-3-5-7-9-11-13-15-16-17-18-19-21-22-24-26-28-30-37(43)51-32-35(53-38(44)31-29-27-25-23-20-14-12-10-8-6-4-2)33-52-42-41(47)40(46)39(45)36(54-42)34-55(48,49)50/h10,12,35-36,39-42,45-47H,3-9,11,13-34H2,1-2H3,(H,48,49,50)/b12-10+/t35-,36-,39-,40?,41?,42+/m1/s1. The monoisotopic (exact) mass is 807 g/mol. The first-order valence-electron chi connectivity index (χ1n) is 21.7. The first kappa shape index (κ1) is 51.4. The van der Waals surface area contributed by atoms with Crippen molar-refractivity contribution in [1.29, 1.82) is 0 Å². The molecule has 1 fully saturated rings. The van der Waals surface area contributed by atoms with Crippen LogP contribution in [0.2, 0.25) is 0 Å². The van der Waals surface area contributed by atoms with Gasteiger partial charge in [-0.25, -0.2) is 0 Å². The number of hydrogen-bond acceptors (Lipinski definition) is 11. The maximum Gasteiger partial charge on any atom is 0.306 e. The van der Waals surface area contributed by atoms with Gasteiger partial charge in [0.05, 0.1) is 6.61 Å². The van der Waals surface area contributed by atoms with Gasteiger partial charge in [-0.3, -0.25) is 14.1 Å². The summed E-state index contributed by atoms with van der Waals surface area (Å²) >= 11 is 0. The molecule has 0 radical (unpaired) electrons. The number of rotatable bonds is 36. The summed E-state index contributed by atoms with van der Waals surface area (Å²) in [7, 11) is -4.60. The van der Waals surface area contributed by atoms with Crippen molar-refractivity contribution in [2.75, 3.05) is 19.0 Å². The fourth-order valence-electron chi connectivity index (χ4n) is 6.66. The lowest BCUT2D eigenvalue weighted by atomic mass is 10.00. The second-order valence-electron chi connectivity index (χ2n) is 15.4. The summed E-state index contributed by atoms with van der Waals surface area (Å²) in [5.41, 5.74) is 0. The van der Waals surface area contributed by atoms with Crippen LogP contribution in [0.1, 0.15) is 187 Å². The quantitative estimate of drug-likeness (QED) is 0.0206. The largest absolute Gasteiger partial charge is 0.462 e. The molecule has 0 aliphatic carbocycles. The zero-order chi connectivity index (χ0) is 40.6. The number of carbonyl (C=O) groups is 2. The van der Waals surface area contributed by atoms with Crippen LogP contribution in [0.3, 0.4) is 0 Å². The molecule has 1 rings (SSSR count). The molecule has 324 valence electrons. The summed E-state index contributed by atoms with van der Waals surface area (Å²) in [6.45, 7) is 3.71. The van der Waals surface area contributed by atoms with Gasteiger partial charge in [-0.05, 0) is 32.1 Å². The van der Waals surface area contributed by atoms with Crippen molar-refractivity contribution < 1.29 is 56.8 Å². The van der Waals surface area contributed by atoms with Crippen molar-refractivity contribution in [1.82, 2.24) is 0 Å². The van der Waals surface area contributed by atoms with Crippen LogP contribution in [-0.4, -0.2) is 96.0 Å². The number of aliphatic hydroxyl groups excluding tert-OH is 3. The second-order valence-corrected chi connectivity index (χ2v) is 16.9. The minimum atomic E-state index is -4.60. The van der Waals surface area contributed by atoms with E-state index in [1.165, 1.54) is 89.9 Å².